The van der Waals surface area contributed by atoms with Gasteiger partial charge in [-0.1, -0.05) is 64.7 Å². The van der Waals surface area contributed by atoms with Crippen LogP contribution in [0.5, 0.6) is 0 Å². The molecule has 1 unspecified atom stereocenters. The first-order valence-electron chi connectivity index (χ1n) is 8.87. The third-order valence-electron chi connectivity index (χ3n) is 3.47. The Balaban J connectivity index is 3.15. The van der Waals surface area contributed by atoms with Crippen molar-refractivity contribution < 1.29 is 14.5 Å². The fraction of sp³-hybridized carbons (Fsp3) is 0.889. The summed E-state index contributed by atoms with van der Waals surface area (Å²) in [4.78, 5) is 9.55. The van der Waals surface area contributed by atoms with Gasteiger partial charge in [0, 0.05) is 6.61 Å². The SMILES string of the molecule is CCCCCCCCCCCCOC(C)/C=C\OOCC. The Labute approximate surface area is 132 Å². The van der Waals surface area contributed by atoms with E-state index in [0.29, 0.717) is 6.61 Å². The van der Waals surface area contributed by atoms with Crippen molar-refractivity contribution in [3.05, 3.63) is 12.3 Å². The van der Waals surface area contributed by atoms with Crippen molar-refractivity contribution in [3.63, 3.8) is 0 Å². The second-order valence-corrected chi connectivity index (χ2v) is 5.59. The van der Waals surface area contributed by atoms with Crippen LogP contribution in [0, 0.1) is 0 Å². The van der Waals surface area contributed by atoms with E-state index < -0.39 is 0 Å². The molecule has 0 aliphatic heterocycles. The molecule has 21 heavy (non-hydrogen) atoms. The summed E-state index contributed by atoms with van der Waals surface area (Å²) in [5, 5.41) is 0. The average molecular weight is 300 g/mol. The Hall–Kier alpha value is -0.540. The van der Waals surface area contributed by atoms with E-state index in [0.717, 1.165) is 13.0 Å². The molecule has 3 heteroatoms. The van der Waals surface area contributed by atoms with Crippen LogP contribution in [0.2, 0.25) is 0 Å². The van der Waals surface area contributed by atoms with E-state index in [1.165, 1.54) is 57.8 Å². The summed E-state index contributed by atoms with van der Waals surface area (Å²) in [6, 6.07) is 0. The van der Waals surface area contributed by atoms with Crippen molar-refractivity contribution in [2.24, 2.45) is 0 Å². The molecule has 0 aromatic heterocycles. The van der Waals surface area contributed by atoms with Crippen molar-refractivity contribution >= 4 is 0 Å². The van der Waals surface area contributed by atoms with E-state index in [-0.39, 0.29) is 6.10 Å². The molecule has 0 spiro atoms. The summed E-state index contributed by atoms with van der Waals surface area (Å²) in [6.45, 7) is 7.56. The standard InChI is InChI=1S/C18H36O3/c1-4-6-7-8-9-10-11-12-13-14-16-19-18(3)15-17-21-20-5-2/h15,17-18H,4-14,16H2,1-3H3/b17-15-. The van der Waals surface area contributed by atoms with E-state index in [9.17, 15) is 0 Å². The highest BCUT2D eigenvalue weighted by Crippen LogP contribution is 2.10. The predicted molar refractivity (Wildman–Crippen MR) is 89.1 cm³/mol. The largest absolute Gasteiger partial charge is 0.374 e. The lowest BCUT2D eigenvalue weighted by molar-refractivity contribution is -0.245. The van der Waals surface area contributed by atoms with Crippen LogP contribution in [0.25, 0.3) is 0 Å². The molecule has 0 rings (SSSR count). The molecule has 0 N–H and O–H groups in total. The summed E-state index contributed by atoms with van der Waals surface area (Å²) >= 11 is 0. The van der Waals surface area contributed by atoms with Gasteiger partial charge in [0.15, 0.2) is 0 Å². The normalized spacial score (nSPS) is 12.9. The van der Waals surface area contributed by atoms with Gasteiger partial charge in [-0.05, 0) is 26.3 Å². The van der Waals surface area contributed by atoms with Crippen molar-refractivity contribution in [1.82, 2.24) is 0 Å². The first-order valence-corrected chi connectivity index (χ1v) is 8.87. The van der Waals surface area contributed by atoms with Gasteiger partial charge in [0.05, 0.1) is 12.7 Å². The first-order chi connectivity index (χ1) is 10.3. The van der Waals surface area contributed by atoms with Crippen LogP contribution < -0.4 is 0 Å². The molecular weight excluding hydrogens is 264 g/mol. The Morgan fingerprint density at radius 1 is 0.810 bits per heavy atom. The number of unbranched alkanes of at least 4 members (excludes halogenated alkanes) is 9. The molecule has 0 saturated heterocycles. The number of hydrogen-bond donors (Lipinski definition) is 0. The van der Waals surface area contributed by atoms with E-state index >= 15 is 0 Å². The van der Waals surface area contributed by atoms with Gasteiger partial charge >= 0.3 is 0 Å². The van der Waals surface area contributed by atoms with E-state index in [2.05, 4.69) is 6.92 Å². The second kappa shape index (κ2) is 17.5. The van der Waals surface area contributed by atoms with E-state index in [1.54, 1.807) is 6.26 Å². The molecule has 0 aliphatic rings. The van der Waals surface area contributed by atoms with Gasteiger partial charge in [-0.2, -0.15) is 4.89 Å². The lowest BCUT2D eigenvalue weighted by atomic mass is 10.1. The zero-order valence-electron chi connectivity index (χ0n) is 14.4. The molecule has 0 aromatic carbocycles. The van der Waals surface area contributed by atoms with Gasteiger partial charge in [-0.3, -0.25) is 0 Å². The van der Waals surface area contributed by atoms with Crippen LogP contribution in [0.15, 0.2) is 12.3 Å². The Bertz CT molecular complexity index is 217. The fourth-order valence-corrected chi connectivity index (χ4v) is 2.16. The van der Waals surface area contributed by atoms with Crippen molar-refractivity contribution in [3.8, 4) is 0 Å². The molecule has 0 radical (unpaired) electrons. The van der Waals surface area contributed by atoms with Gasteiger partial charge in [0.2, 0.25) is 0 Å². The molecule has 3 nitrogen and oxygen atoms in total. The van der Waals surface area contributed by atoms with Crippen molar-refractivity contribution in [2.75, 3.05) is 13.2 Å². The smallest absolute Gasteiger partial charge is 0.128 e. The Kier molecular flexibility index (Phi) is 17.1. The van der Waals surface area contributed by atoms with Gasteiger partial charge in [-0.15, -0.1) is 0 Å². The number of rotatable bonds is 16. The molecular formula is C18H36O3. The first kappa shape index (κ1) is 20.5. The highest BCUT2D eigenvalue weighted by molar-refractivity contribution is 4.80. The molecule has 0 aromatic rings. The van der Waals surface area contributed by atoms with E-state index in [1.807, 2.05) is 19.9 Å². The summed E-state index contributed by atoms with van der Waals surface area (Å²) < 4.78 is 5.67. The maximum atomic E-state index is 5.67. The zero-order chi connectivity index (χ0) is 15.6. The van der Waals surface area contributed by atoms with Gasteiger partial charge < -0.3 is 9.62 Å². The van der Waals surface area contributed by atoms with Crippen LogP contribution >= 0.6 is 0 Å². The Morgan fingerprint density at radius 3 is 1.95 bits per heavy atom. The molecule has 0 amide bonds. The van der Waals surface area contributed by atoms with Crippen molar-refractivity contribution in [2.45, 2.75) is 91.1 Å². The Morgan fingerprint density at radius 2 is 1.38 bits per heavy atom. The third-order valence-corrected chi connectivity index (χ3v) is 3.47. The van der Waals surface area contributed by atoms with E-state index in [4.69, 9.17) is 14.5 Å². The summed E-state index contributed by atoms with van der Waals surface area (Å²) in [5.41, 5.74) is 0. The van der Waals surface area contributed by atoms with Gasteiger partial charge in [-0.25, -0.2) is 0 Å². The van der Waals surface area contributed by atoms with Crippen LogP contribution in [0.1, 0.15) is 85.0 Å². The highest BCUT2D eigenvalue weighted by atomic mass is 17.2. The monoisotopic (exact) mass is 300 g/mol. The second-order valence-electron chi connectivity index (χ2n) is 5.59. The predicted octanol–water partition coefficient (Wildman–Crippen LogP) is 5.79. The number of ether oxygens (including phenoxy) is 1. The molecule has 0 heterocycles. The molecule has 1 atom stereocenters. The van der Waals surface area contributed by atoms with Crippen LogP contribution in [-0.2, 0) is 14.5 Å². The minimum absolute atomic E-state index is 0.0871. The minimum atomic E-state index is 0.0871. The van der Waals surface area contributed by atoms with Gasteiger partial charge in [0.25, 0.3) is 0 Å². The van der Waals surface area contributed by atoms with Crippen LogP contribution in [0.4, 0.5) is 0 Å². The number of hydrogen-bond acceptors (Lipinski definition) is 3. The zero-order valence-corrected chi connectivity index (χ0v) is 14.4. The fourth-order valence-electron chi connectivity index (χ4n) is 2.16. The topological polar surface area (TPSA) is 27.7 Å². The minimum Gasteiger partial charge on any atom is -0.374 e. The third kappa shape index (κ3) is 17.4. The lowest BCUT2D eigenvalue weighted by Crippen LogP contribution is -2.06. The molecule has 0 bridgehead atoms. The van der Waals surface area contributed by atoms with Crippen LogP contribution in [0.3, 0.4) is 0 Å². The molecule has 0 saturated carbocycles. The molecule has 0 fully saturated rings. The maximum Gasteiger partial charge on any atom is 0.128 e. The summed E-state index contributed by atoms with van der Waals surface area (Å²) in [6.07, 6.45) is 17.1. The maximum absolute atomic E-state index is 5.67. The highest BCUT2D eigenvalue weighted by Gasteiger charge is 1.97. The molecule has 0 aliphatic carbocycles. The lowest BCUT2D eigenvalue weighted by Gasteiger charge is -2.08. The van der Waals surface area contributed by atoms with Gasteiger partial charge in [0.1, 0.15) is 6.26 Å². The summed E-state index contributed by atoms with van der Waals surface area (Å²) in [5.74, 6) is 0. The average Bonchev–Trinajstić information content (AvgIpc) is 2.49. The molecule has 126 valence electrons. The van der Waals surface area contributed by atoms with Crippen LogP contribution in [-0.4, -0.2) is 19.3 Å². The quantitative estimate of drug-likeness (QED) is 0.156. The summed E-state index contributed by atoms with van der Waals surface area (Å²) in [7, 11) is 0. The van der Waals surface area contributed by atoms with Crippen molar-refractivity contribution in [1.29, 1.82) is 0 Å².